The highest BCUT2D eigenvalue weighted by molar-refractivity contribution is 4.97. The number of halogens is 5. The first-order chi connectivity index (χ1) is 7.70. The van der Waals surface area contributed by atoms with Crippen molar-refractivity contribution in [3.05, 3.63) is 11.8 Å². The summed E-state index contributed by atoms with van der Waals surface area (Å²) in [5.74, 6) is -7.19. The second-order valence-electron chi connectivity index (χ2n) is 3.30. The molecule has 17 heavy (non-hydrogen) atoms. The average Bonchev–Trinajstić information content (AvgIpc) is 2.65. The molecular formula is C8H10F5N3O. The largest absolute Gasteiger partial charge is 0.463 e. The van der Waals surface area contributed by atoms with Crippen molar-refractivity contribution in [3.63, 3.8) is 0 Å². The molecule has 4 nitrogen and oxygen atoms in total. The van der Waals surface area contributed by atoms with E-state index in [1.54, 1.807) is 6.92 Å². The number of nitrogens with zero attached hydrogens (tertiary/aromatic N) is 2. The molecule has 0 aliphatic rings. The Morgan fingerprint density at radius 3 is 2.29 bits per heavy atom. The molecule has 0 spiro atoms. The number of alkyl halides is 5. The maximum absolute atomic E-state index is 12.8. The van der Waals surface area contributed by atoms with Crippen LogP contribution < -0.4 is 5.32 Å². The fourth-order valence-electron chi connectivity index (χ4n) is 1.05. The van der Waals surface area contributed by atoms with Gasteiger partial charge < -0.3 is 9.73 Å². The highest BCUT2D eigenvalue weighted by Gasteiger charge is 2.63. The zero-order chi connectivity index (χ0) is 13.3. The maximum atomic E-state index is 12.8. The quantitative estimate of drug-likeness (QED) is 0.843. The molecule has 0 saturated heterocycles. The van der Waals surface area contributed by atoms with Crippen LogP contribution in [0.3, 0.4) is 0 Å². The highest BCUT2D eigenvalue weighted by atomic mass is 19.4. The van der Waals surface area contributed by atoms with Gasteiger partial charge in [-0.05, 0) is 13.5 Å². The molecule has 0 saturated carbocycles. The Kier molecular flexibility index (Phi) is 3.70. The van der Waals surface area contributed by atoms with Crippen LogP contribution in [0.2, 0.25) is 0 Å². The van der Waals surface area contributed by atoms with Crippen LogP contribution in [0.1, 0.15) is 31.7 Å². The fraction of sp³-hybridized carbons (Fsp3) is 0.750. The second kappa shape index (κ2) is 4.55. The molecule has 0 bridgehead atoms. The van der Waals surface area contributed by atoms with Crippen molar-refractivity contribution in [2.75, 3.05) is 6.54 Å². The van der Waals surface area contributed by atoms with Crippen molar-refractivity contribution >= 4 is 0 Å². The predicted molar refractivity (Wildman–Crippen MR) is 46.3 cm³/mol. The van der Waals surface area contributed by atoms with E-state index in [0.717, 1.165) is 0 Å². The predicted octanol–water partition coefficient (Wildman–Crippen LogP) is 2.39. The lowest BCUT2D eigenvalue weighted by Gasteiger charge is -2.15. The molecule has 9 heteroatoms. The third-order valence-electron chi connectivity index (χ3n) is 1.95. The van der Waals surface area contributed by atoms with Crippen LogP contribution in [0.15, 0.2) is 4.42 Å². The van der Waals surface area contributed by atoms with Gasteiger partial charge in [0.2, 0.25) is 5.89 Å². The molecule has 98 valence electrons. The summed E-state index contributed by atoms with van der Waals surface area (Å²) in [4.78, 5) is 0. The average molecular weight is 259 g/mol. The van der Waals surface area contributed by atoms with E-state index < -0.39 is 24.0 Å². The summed E-state index contributed by atoms with van der Waals surface area (Å²) in [5.41, 5.74) is 0. The van der Waals surface area contributed by atoms with Crippen LogP contribution in [0.25, 0.3) is 0 Å². The van der Waals surface area contributed by atoms with E-state index in [9.17, 15) is 22.0 Å². The zero-order valence-electron chi connectivity index (χ0n) is 8.98. The highest BCUT2D eigenvalue weighted by Crippen LogP contribution is 2.43. The van der Waals surface area contributed by atoms with Crippen LogP contribution in [0.5, 0.6) is 0 Å². The lowest BCUT2D eigenvalue weighted by molar-refractivity contribution is -0.297. The Hall–Kier alpha value is -1.25. The van der Waals surface area contributed by atoms with Crippen molar-refractivity contribution in [3.8, 4) is 0 Å². The monoisotopic (exact) mass is 259 g/mol. The Labute approximate surface area is 93.2 Å². The molecule has 1 unspecified atom stereocenters. The lowest BCUT2D eigenvalue weighted by Crippen LogP contribution is -2.34. The number of hydrogen-bond acceptors (Lipinski definition) is 4. The molecule has 1 aromatic heterocycles. The molecule has 0 aliphatic carbocycles. The Morgan fingerprint density at radius 1 is 1.24 bits per heavy atom. The van der Waals surface area contributed by atoms with Gasteiger partial charge in [-0.15, -0.1) is 10.2 Å². The molecule has 1 rings (SSSR count). The Bertz CT molecular complexity index is 375. The summed E-state index contributed by atoms with van der Waals surface area (Å²) in [5, 5.41) is 8.63. The lowest BCUT2D eigenvalue weighted by atomic mass is 10.3. The molecule has 1 N–H and O–H groups in total. The summed E-state index contributed by atoms with van der Waals surface area (Å²) in [6.45, 7) is 3.72. The first kappa shape index (κ1) is 13.8. The molecule has 1 atom stereocenters. The minimum Gasteiger partial charge on any atom is -0.418 e. The Morgan fingerprint density at radius 2 is 1.82 bits per heavy atom. The summed E-state index contributed by atoms with van der Waals surface area (Å²) in [6, 6.07) is -0.592. The van der Waals surface area contributed by atoms with Crippen molar-refractivity contribution in [2.24, 2.45) is 0 Å². The van der Waals surface area contributed by atoms with E-state index in [2.05, 4.69) is 19.9 Å². The minimum absolute atomic E-state index is 0.314. The van der Waals surface area contributed by atoms with Crippen molar-refractivity contribution in [1.82, 2.24) is 15.5 Å². The summed E-state index contributed by atoms with van der Waals surface area (Å²) in [7, 11) is 0. The van der Waals surface area contributed by atoms with Gasteiger partial charge in [0, 0.05) is 0 Å². The minimum atomic E-state index is -5.75. The molecule has 1 aromatic rings. The first-order valence-corrected chi connectivity index (χ1v) is 4.72. The van der Waals surface area contributed by atoms with Gasteiger partial charge in [0.1, 0.15) is 0 Å². The molecule has 0 aromatic carbocycles. The molecule has 0 amide bonds. The number of rotatable bonds is 4. The van der Waals surface area contributed by atoms with Gasteiger partial charge in [-0.25, -0.2) is 0 Å². The van der Waals surface area contributed by atoms with Gasteiger partial charge in [-0.1, -0.05) is 6.92 Å². The summed E-state index contributed by atoms with van der Waals surface area (Å²) >= 11 is 0. The van der Waals surface area contributed by atoms with Gasteiger partial charge in [0.05, 0.1) is 6.04 Å². The van der Waals surface area contributed by atoms with E-state index >= 15 is 0 Å². The van der Waals surface area contributed by atoms with Crippen LogP contribution in [0.4, 0.5) is 22.0 Å². The van der Waals surface area contributed by atoms with E-state index in [1.165, 1.54) is 6.92 Å². The smallest absolute Gasteiger partial charge is 0.418 e. The fourth-order valence-corrected chi connectivity index (χ4v) is 1.05. The van der Waals surface area contributed by atoms with Crippen LogP contribution in [-0.4, -0.2) is 22.9 Å². The number of aromatic nitrogens is 2. The third-order valence-corrected chi connectivity index (χ3v) is 1.95. The van der Waals surface area contributed by atoms with Crippen molar-refractivity contribution in [2.45, 2.75) is 32.0 Å². The van der Waals surface area contributed by atoms with Crippen LogP contribution in [-0.2, 0) is 5.92 Å². The third kappa shape index (κ3) is 2.71. The van der Waals surface area contributed by atoms with Gasteiger partial charge in [0.25, 0.3) is 5.89 Å². The van der Waals surface area contributed by atoms with E-state index in [0.29, 0.717) is 6.54 Å². The Balaban J connectivity index is 2.95. The number of nitrogens with one attached hydrogen (secondary N) is 1. The zero-order valence-corrected chi connectivity index (χ0v) is 8.98. The van der Waals surface area contributed by atoms with E-state index in [-0.39, 0.29) is 5.89 Å². The number of hydrogen-bond donors (Lipinski definition) is 1. The normalized spacial score (nSPS) is 15.0. The maximum Gasteiger partial charge on any atom is 0.463 e. The second-order valence-corrected chi connectivity index (χ2v) is 3.30. The van der Waals surface area contributed by atoms with Gasteiger partial charge >= 0.3 is 12.1 Å². The van der Waals surface area contributed by atoms with Gasteiger partial charge in [0.15, 0.2) is 0 Å². The van der Waals surface area contributed by atoms with E-state index in [1.807, 2.05) is 0 Å². The summed E-state index contributed by atoms with van der Waals surface area (Å²) < 4.78 is 65.9. The van der Waals surface area contributed by atoms with Gasteiger partial charge in [-0.3, -0.25) is 0 Å². The standard InChI is InChI=1S/C8H10F5N3O/c1-3-14-4(2)5-15-16-6(17-5)7(9,10)8(11,12)13/h4,14H,3H2,1-2H3. The van der Waals surface area contributed by atoms with E-state index in [4.69, 9.17) is 0 Å². The first-order valence-electron chi connectivity index (χ1n) is 4.72. The van der Waals surface area contributed by atoms with Crippen LogP contribution >= 0.6 is 0 Å². The molecular weight excluding hydrogens is 249 g/mol. The topological polar surface area (TPSA) is 51.0 Å². The SMILES string of the molecule is CCNC(C)c1nnc(C(F)(F)C(F)(F)F)o1. The van der Waals surface area contributed by atoms with Crippen molar-refractivity contribution in [1.29, 1.82) is 0 Å². The molecule has 0 aliphatic heterocycles. The van der Waals surface area contributed by atoms with Crippen LogP contribution in [0, 0.1) is 0 Å². The van der Waals surface area contributed by atoms with Crippen molar-refractivity contribution < 1.29 is 26.4 Å². The molecule has 0 radical (unpaired) electrons. The molecule has 0 fully saturated rings. The van der Waals surface area contributed by atoms with Gasteiger partial charge in [-0.2, -0.15) is 22.0 Å². The molecule has 1 heterocycles. The summed E-state index contributed by atoms with van der Waals surface area (Å²) in [6.07, 6.45) is -5.75.